The highest BCUT2D eigenvalue weighted by Crippen LogP contribution is 2.40. The number of anilines is 1. The smallest absolute Gasteiger partial charge is 0.266 e. The van der Waals surface area contributed by atoms with Gasteiger partial charge in [0.05, 0.1) is 16.8 Å². The van der Waals surface area contributed by atoms with Gasteiger partial charge in [0, 0.05) is 0 Å². The predicted octanol–water partition coefficient (Wildman–Crippen LogP) is 6.03. The van der Waals surface area contributed by atoms with E-state index in [1.807, 2.05) is 36.4 Å². The Bertz CT molecular complexity index is 890. The number of carbonyl (C=O) groups is 2. The van der Waals surface area contributed by atoms with Gasteiger partial charge in [-0.25, -0.2) is 4.90 Å². The van der Waals surface area contributed by atoms with Gasteiger partial charge in [0.25, 0.3) is 11.8 Å². The van der Waals surface area contributed by atoms with Crippen LogP contribution in [0.25, 0.3) is 0 Å². The maximum atomic E-state index is 13.3. The average molecular weight is 364 g/mol. The van der Waals surface area contributed by atoms with Crippen LogP contribution in [0.3, 0.4) is 0 Å². The van der Waals surface area contributed by atoms with Crippen molar-refractivity contribution in [2.75, 3.05) is 4.90 Å². The standard InChI is InChI=1S/C24H29NO2/c1-14(2)17-9-8-10-18(15(3)4)21(17)25-22(26)19-12-11-16(24(5,6)7)13-20(19)23(25)27/h8-15H,1-7H3. The van der Waals surface area contributed by atoms with E-state index in [0.717, 1.165) is 22.4 Å². The number of para-hydroxylation sites is 1. The highest BCUT2D eigenvalue weighted by molar-refractivity contribution is 6.35. The molecule has 2 aromatic rings. The molecule has 0 radical (unpaired) electrons. The van der Waals surface area contributed by atoms with Gasteiger partial charge in [0.15, 0.2) is 0 Å². The zero-order valence-corrected chi connectivity index (χ0v) is 17.4. The second kappa shape index (κ2) is 6.63. The largest absolute Gasteiger partial charge is 0.268 e. The van der Waals surface area contributed by atoms with Crippen molar-refractivity contribution in [1.82, 2.24) is 0 Å². The first kappa shape index (κ1) is 19.3. The number of nitrogens with zero attached hydrogens (tertiary/aromatic N) is 1. The predicted molar refractivity (Wildman–Crippen MR) is 111 cm³/mol. The summed E-state index contributed by atoms with van der Waals surface area (Å²) in [6.45, 7) is 14.7. The van der Waals surface area contributed by atoms with Crippen molar-refractivity contribution in [2.45, 2.75) is 65.7 Å². The van der Waals surface area contributed by atoms with Gasteiger partial charge in [-0.15, -0.1) is 0 Å². The minimum absolute atomic E-state index is 0.0787. The molecule has 0 N–H and O–H groups in total. The second-order valence-electron chi connectivity index (χ2n) is 9.05. The van der Waals surface area contributed by atoms with Crippen molar-refractivity contribution in [3.05, 3.63) is 64.2 Å². The Balaban J connectivity index is 2.20. The topological polar surface area (TPSA) is 37.4 Å². The van der Waals surface area contributed by atoms with E-state index in [1.54, 1.807) is 0 Å². The molecule has 0 bridgehead atoms. The van der Waals surface area contributed by atoms with Crippen molar-refractivity contribution in [2.24, 2.45) is 0 Å². The summed E-state index contributed by atoms with van der Waals surface area (Å²) in [6, 6.07) is 11.7. The molecule has 0 aliphatic carbocycles. The van der Waals surface area contributed by atoms with Gasteiger partial charge < -0.3 is 0 Å². The van der Waals surface area contributed by atoms with Crippen molar-refractivity contribution < 1.29 is 9.59 Å². The van der Waals surface area contributed by atoms with Gasteiger partial charge in [-0.3, -0.25) is 9.59 Å². The van der Waals surface area contributed by atoms with E-state index < -0.39 is 0 Å². The Morgan fingerprint density at radius 3 is 1.78 bits per heavy atom. The van der Waals surface area contributed by atoms with Crippen LogP contribution < -0.4 is 4.90 Å². The third-order valence-corrected chi connectivity index (χ3v) is 5.32. The Hall–Kier alpha value is -2.42. The summed E-state index contributed by atoms with van der Waals surface area (Å²) < 4.78 is 0. The van der Waals surface area contributed by atoms with Crippen molar-refractivity contribution in [3.63, 3.8) is 0 Å². The molecular formula is C24H29NO2. The van der Waals surface area contributed by atoms with E-state index in [-0.39, 0.29) is 29.1 Å². The Labute approximate surface area is 162 Å². The maximum Gasteiger partial charge on any atom is 0.266 e. The number of hydrogen-bond acceptors (Lipinski definition) is 2. The minimum atomic E-state index is -0.217. The number of fused-ring (bicyclic) bond motifs is 1. The van der Waals surface area contributed by atoms with Crippen LogP contribution in [0.4, 0.5) is 5.69 Å². The zero-order chi connectivity index (χ0) is 20.1. The molecule has 1 aliphatic heterocycles. The first-order chi connectivity index (χ1) is 12.5. The molecule has 3 rings (SSSR count). The number of rotatable bonds is 3. The molecule has 0 aromatic heterocycles. The van der Waals surface area contributed by atoms with Crippen LogP contribution in [0.1, 0.15) is 97.7 Å². The fourth-order valence-electron chi connectivity index (χ4n) is 3.68. The number of carbonyl (C=O) groups excluding carboxylic acids is 2. The molecule has 27 heavy (non-hydrogen) atoms. The quantitative estimate of drug-likeness (QED) is 0.624. The third kappa shape index (κ3) is 3.20. The molecule has 2 amide bonds. The van der Waals surface area contributed by atoms with Crippen LogP contribution in [-0.4, -0.2) is 11.8 Å². The molecule has 0 saturated heterocycles. The SMILES string of the molecule is CC(C)c1cccc(C(C)C)c1N1C(=O)c2ccc(C(C)(C)C)cc2C1=O. The van der Waals surface area contributed by atoms with E-state index in [2.05, 4.69) is 48.5 Å². The van der Waals surface area contributed by atoms with Crippen molar-refractivity contribution >= 4 is 17.5 Å². The van der Waals surface area contributed by atoms with E-state index >= 15 is 0 Å². The summed E-state index contributed by atoms with van der Waals surface area (Å²) in [5.74, 6) is 0.00264. The molecule has 0 atom stereocenters. The van der Waals surface area contributed by atoms with Gasteiger partial charge in [-0.2, -0.15) is 0 Å². The van der Waals surface area contributed by atoms with Crippen LogP contribution in [0, 0.1) is 0 Å². The van der Waals surface area contributed by atoms with Gasteiger partial charge in [0.2, 0.25) is 0 Å². The summed E-state index contributed by atoms with van der Waals surface area (Å²) >= 11 is 0. The first-order valence-corrected chi connectivity index (χ1v) is 9.70. The molecule has 2 aromatic carbocycles. The summed E-state index contributed by atoms with van der Waals surface area (Å²) in [5.41, 5.74) is 4.84. The number of imide groups is 1. The molecule has 1 aliphatic rings. The van der Waals surface area contributed by atoms with Crippen LogP contribution in [0.5, 0.6) is 0 Å². The average Bonchev–Trinajstić information content (AvgIpc) is 2.83. The minimum Gasteiger partial charge on any atom is -0.268 e. The lowest BCUT2D eigenvalue weighted by molar-refractivity contribution is 0.0925. The summed E-state index contributed by atoms with van der Waals surface area (Å²) in [5, 5.41) is 0. The van der Waals surface area contributed by atoms with Crippen LogP contribution in [-0.2, 0) is 5.41 Å². The maximum absolute atomic E-state index is 13.3. The lowest BCUT2D eigenvalue weighted by Crippen LogP contribution is -2.31. The third-order valence-electron chi connectivity index (χ3n) is 5.32. The van der Waals surface area contributed by atoms with E-state index in [1.165, 1.54) is 4.90 Å². The zero-order valence-electron chi connectivity index (χ0n) is 17.4. The van der Waals surface area contributed by atoms with E-state index in [4.69, 9.17) is 0 Å². The molecule has 0 fully saturated rings. The normalized spacial score (nSPS) is 14.5. The first-order valence-electron chi connectivity index (χ1n) is 9.70. The number of benzene rings is 2. The monoisotopic (exact) mass is 363 g/mol. The highest BCUT2D eigenvalue weighted by atomic mass is 16.2. The van der Waals surface area contributed by atoms with Crippen LogP contribution in [0.15, 0.2) is 36.4 Å². The van der Waals surface area contributed by atoms with Crippen molar-refractivity contribution in [3.8, 4) is 0 Å². The molecule has 142 valence electrons. The van der Waals surface area contributed by atoms with Gasteiger partial charge >= 0.3 is 0 Å². The lowest BCUT2D eigenvalue weighted by atomic mass is 9.85. The fourth-order valence-corrected chi connectivity index (χ4v) is 3.68. The molecule has 0 saturated carbocycles. The molecular weight excluding hydrogens is 334 g/mol. The Morgan fingerprint density at radius 1 is 0.778 bits per heavy atom. The molecule has 3 heteroatoms. The molecule has 0 unspecified atom stereocenters. The lowest BCUT2D eigenvalue weighted by Gasteiger charge is -2.25. The summed E-state index contributed by atoms with van der Waals surface area (Å²) in [7, 11) is 0. The summed E-state index contributed by atoms with van der Waals surface area (Å²) in [4.78, 5) is 28.0. The fraction of sp³-hybridized carbons (Fsp3) is 0.417. The van der Waals surface area contributed by atoms with Gasteiger partial charge in [-0.05, 0) is 46.1 Å². The Morgan fingerprint density at radius 2 is 1.30 bits per heavy atom. The van der Waals surface area contributed by atoms with Crippen molar-refractivity contribution in [1.29, 1.82) is 0 Å². The molecule has 1 heterocycles. The number of amides is 2. The van der Waals surface area contributed by atoms with Gasteiger partial charge in [-0.1, -0.05) is 72.7 Å². The molecule has 3 nitrogen and oxygen atoms in total. The second-order valence-corrected chi connectivity index (χ2v) is 9.05. The Kier molecular flexibility index (Phi) is 4.75. The number of hydrogen-bond donors (Lipinski definition) is 0. The highest BCUT2D eigenvalue weighted by Gasteiger charge is 2.39. The van der Waals surface area contributed by atoms with E-state index in [0.29, 0.717) is 11.1 Å². The summed E-state index contributed by atoms with van der Waals surface area (Å²) in [6.07, 6.45) is 0. The van der Waals surface area contributed by atoms with Crippen LogP contribution >= 0.6 is 0 Å². The van der Waals surface area contributed by atoms with Gasteiger partial charge in [0.1, 0.15) is 0 Å². The molecule has 0 spiro atoms. The van der Waals surface area contributed by atoms with Crippen LogP contribution in [0.2, 0.25) is 0 Å². The van der Waals surface area contributed by atoms with E-state index in [9.17, 15) is 9.59 Å².